The monoisotopic (exact) mass is 618 g/mol. The summed E-state index contributed by atoms with van der Waals surface area (Å²) in [5.74, 6) is 0.528. The molecule has 3 aromatic rings. The van der Waals surface area contributed by atoms with E-state index in [4.69, 9.17) is 36.5 Å². The number of carbonyl (C=O) groups is 1. The minimum atomic E-state index is -1.02. The molecule has 2 fully saturated rings. The van der Waals surface area contributed by atoms with Gasteiger partial charge in [0.1, 0.15) is 11.5 Å². The van der Waals surface area contributed by atoms with E-state index in [2.05, 4.69) is 22.9 Å². The summed E-state index contributed by atoms with van der Waals surface area (Å²) in [4.78, 5) is 23.3. The molecule has 6 rings (SSSR count). The van der Waals surface area contributed by atoms with E-state index in [9.17, 15) is 9.90 Å². The van der Waals surface area contributed by atoms with Crippen LogP contribution in [-0.2, 0) is 10.5 Å². The van der Waals surface area contributed by atoms with Crippen molar-refractivity contribution in [2.24, 2.45) is 10.7 Å². The maximum absolute atomic E-state index is 11.7. The Bertz CT molecular complexity index is 1540. The number of nitrogens with two attached hydrogens (primary N) is 1. The number of hydrogen-bond acceptors (Lipinski definition) is 7. The first-order valence-electron chi connectivity index (χ1n) is 15.4. The lowest BCUT2D eigenvalue weighted by Gasteiger charge is -2.32. The molecular weight excluding hydrogens is 580 g/mol. The van der Waals surface area contributed by atoms with Crippen molar-refractivity contribution in [2.45, 2.75) is 69.7 Å². The van der Waals surface area contributed by atoms with Crippen LogP contribution in [-0.4, -0.2) is 59.1 Å². The lowest BCUT2D eigenvalue weighted by atomic mass is 9.87. The molecule has 9 nitrogen and oxygen atoms in total. The molecule has 232 valence electrons. The number of ether oxygens (including phenoxy) is 3. The first-order valence-corrected chi connectivity index (χ1v) is 15.8. The predicted octanol–water partition coefficient (Wildman–Crippen LogP) is 6.62. The number of carboxylic acid groups (broad SMARTS) is 1. The molecular formula is C34H39ClN4O5. The highest BCUT2D eigenvalue weighted by atomic mass is 35.5. The van der Waals surface area contributed by atoms with Gasteiger partial charge in [0.15, 0.2) is 11.5 Å². The molecule has 0 bridgehead atoms. The molecule has 0 radical (unpaired) electrons. The van der Waals surface area contributed by atoms with Gasteiger partial charge in [0, 0.05) is 25.3 Å². The zero-order chi connectivity index (χ0) is 30.8. The molecule has 0 aliphatic carbocycles. The van der Waals surface area contributed by atoms with Gasteiger partial charge in [0.2, 0.25) is 0 Å². The van der Waals surface area contributed by atoms with E-state index >= 15 is 0 Å². The Morgan fingerprint density at radius 1 is 1.18 bits per heavy atom. The molecule has 3 aliphatic rings. The number of hydrogen-bond donors (Lipinski definition) is 2. The summed E-state index contributed by atoms with van der Waals surface area (Å²) < 4.78 is 18.4. The summed E-state index contributed by atoms with van der Waals surface area (Å²) in [7, 11) is 0. The number of pyridine rings is 1. The maximum Gasteiger partial charge on any atom is 0.335 e. The number of nitrogens with zero attached hydrogens (tertiary/aromatic N) is 3. The third-order valence-corrected chi connectivity index (χ3v) is 9.25. The normalized spacial score (nSPS) is 22.9. The molecule has 3 aliphatic heterocycles. The standard InChI is InChI=1S/C34H39ClN4O5/c1-3-21(17-25-13-16-42-25)27-18-23(33(40)41)7-9-28(27)38-31(36)20-39-14-11-22(12-15-39)26-5-4-6-29-32(26)44-34(2,43-29)30-10-8-24(35)19-37-30/h4-10,18-19,21-22,25H,3,11-17,20H2,1-2H3,(H2,36,38)(H,40,41)/t21-,25+,34+/m1/s1. The molecule has 44 heavy (non-hydrogen) atoms. The number of benzene rings is 2. The minimum Gasteiger partial charge on any atom is -0.478 e. The zero-order valence-electron chi connectivity index (χ0n) is 25.2. The Kier molecular flexibility index (Phi) is 8.80. The lowest BCUT2D eigenvalue weighted by molar-refractivity contribution is -0.0722. The molecule has 3 atom stereocenters. The Morgan fingerprint density at radius 2 is 1.98 bits per heavy atom. The van der Waals surface area contributed by atoms with Gasteiger partial charge >= 0.3 is 5.97 Å². The quantitative estimate of drug-likeness (QED) is 0.192. The zero-order valence-corrected chi connectivity index (χ0v) is 25.9. The number of likely N-dealkylation sites (tertiary alicyclic amines) is 1. The fourth-order valence-electron chi connectivity index (χ4n) is 6.46. The summed E-state index contributed by atoms with van der Waals surface area (Å²) >= 11 is 6.04. The number of aromatic carboxylic acids is 1. The largest absolute Gasteiger partial charge is 0.478 e. The average Bonchev–Trinajstić information content (AvgIpc) is 3.35. The molecule has 2 saturated heterocycles. The third-order valence-electron chi connectivity index (χ3n) is 9.03. The third kappa shape index (κ3) is 6.41. The summed E-state index contributed by atoms with van der Waals surface area (Å²) in [6.07, 6.45) is 6.46. The van der Waals surface area contributed by atoms with Gasteiger partial charge in [-0.3, -0.25) is 9.88 Å². The van der Waals surface area contributed by atoms with Gasteiger partial charge in [0.05, 0.1) is 28.9 Å². The van der Waals surface area contributed by atoms with Gasteiger partial charge in [-0.15, -0.1) is 0 Å². The molecule has 4 heterocycles. The predicted molar refractivity (Wildman–Crippen MR) is 169 cm³/mol. The van der Waals surface area contributed by atoms with E-state index in [0.717, 1.165) is 80.1 Å². The van der Waals surface area contributed by atoms with E-state index in [0.29, 0.717) is 29.0 Å². The topological polar surface area (TPSA) is 120 Å². The van der Waals surface area contributed by atoms with Crippen molar-refractivity contribution >= 4 is 29.1 Å². The summed E-state index contributed by atoms with van der Waals surface area (Å²) in [6.45, 7) is 7.06. The molecule has 3 N–H and O–H groups in total. The van der Waals surface area contributed by atoms with Gasteiger partial charge in [0.25, 0.3) is 5.79 Å². The van der Waals surface area contributed by atoms with Gasteiger partial charge in [-0.25, -0.2) is 9.79 Å². The van der Waals surface area contributed by atoms with Gasteiger partial charge in [-0.1, -0.05) is 30.7 Å². The fraction of sp³-hybridized carbons (Fsp3) is 0.441. The van der Waals surface area contributed by atoms with Crippen LogP contribution < -0.4 is 15.2 Å². The van der Waals surface area contributed by atoms with E-state index in [1.807, 2.05) is 25.1 Å². The van der Waals surface area contributed by atoms with E-state index < -0.39 is 11.8 Å². The van der Waals surface area contributed by atoms with Crippen LogP contribution in [0.4, 0.5) is 5.69 Å². The van der Waals surface area contributed by atoms with Crippen molar-refractivity contribution in [1.82, 2.24) is 9.88 Å². The highest BCUT2D eigenvalue weighted by molar-refractivity contribution is 6.30. The smallest absolute Gasteiger partial charge is 0.335 e. The molecule has 2 aromatic carbocycles. The van der Waals surface area contributed by atoms with Gasteiger partial charge in [-0.2, -0.15) is 0 Å². The number of piperidine rings is 1. The number of amidine groups is 1. The summed E-state index contributed by atoms with van der Waals surface area (Å²) in [6, 6.07) is 14.8. The second-order valence-electron chi connectivity index (χ2n) is 12.0. The number of halogens is 1. The average molecular weight is 619 g/mol. The van der Waals surface area contributed by atoms with Crippen LogP contribution in [0.15, 0.2) is 59.7 Å². The van der Waals surface area contributed by atoms with Crippen LogP contribution in [0.2, 0.25) is 5.02 Å². The Balaban J connectivity index is 1.12. The molecule has 1 aromatic heterocycles. The minimum absolute atomic E-state index is 0.151. The van der Waals surface area contributed by atoms with Crippen molar-refractivity contribution in [3.63, 3.8) is 0 Å². The van der Waals surface area contributed by atoms with Crippen LogP contribution in [0.25, 0.3) is 0 Å². The highest BCUT2D eigenvalue weighted by Crippen LogP contribution is 2.49. The molecule has 0 amide bonds. The molecule has 0 unspecified atom stereocenters. The molecule has 10 heteroatoms. The van der Waals surface area contributed by atoms with E-state index in [-0.39, 0.29) is 17.6 Å². The van der Waals surface area contributed by atoms with Crippen LogP contribution in [0, 0.1) is 0 Å². The fourth-order valence-corrected chi connectivity index (χ4v) is 6.57. The maximum atomic E-state index is 11.7. The molecule has 0 spiro atoms. The summed E-state index contributed by atoms with van der Waals surface area (Å²) in [5, 5.41) is 10.2. The summed E-state index contributed by atoms with van der Waals surface area (Å²) in [5.41, 5.74) is 10.2. The number of aromatic nitrogens is 1. The highest BCUT2D eigenvalue weighted by Gasteiger charge is 2.42. The Morgan fingerprint density at radius 3 is 2.64 bits per heavy atom. The van der Waals surface area contributed by atoms with E-state index in [1.54, 1.807) is 30.5 Å². The van der Waals surface area contributed by atoms with Crippen molar-refractivity contribution in [3.05, 3.63) is 82.1 Å². The van der Waals surface area contributed by atoms with Gasteiger partial charge in [-0.05, 0) is 99.0 Å². The first kappa shape index (κ1) is 30.4. The van der Waals surface area contributed by atoms with Crippen molar-refractivity contribution in [3.8, 4) is 11.5 Å². The number of para-hydroxylation sites is 1. The van der Waals surface area contributed by atoms with Crippen LogP contribution in [0.3, 0.4) is 0 Å². The number of fused-ring (bicyclic) bond motifs is 1. The molecule has 0 saturated carbocycles. The number of rotatable bonds is 10. The van der Waals surface area contributed by atoms with E-state index in [1.165, 1.54) is 0 Å². The lowest BCUT2D eigenvalue weighted by Crippen LogP contribution is -2.39. The number of carboxylic acids is 1. The van der Waals surface area contributed by atoms with Crippen molar-refractivity contribution in [1.29, 1.82) is 0 Å². The van der Waals surface area contributed by atoms with Crippen molar-refractivity contribution in [2.75, 3.05) is 26.2 Å². The van der Waals surface area contributed by atoms with Crippen molar-refractivity contribution < 1.29 is 24.1 Å². The SMILES string of the molecule is CC[C@H](C[C@@H]1CCO1)c1cc(C(=O)O)ccc1N=C(N)CN1CCC(c2cccc3c2O[C@@](C)(c2ccc(Cl)cn2)O3)CC1. The Hall–Kier alpha value is -3.66. The second kappa shape index (κ2) is 12.8. The first-order chi connectivity index (χ1) is 21.2. The number of aliphatic imine (C=N–C) groups is 1. The van der Waals surface area contributed by atoms with Crippen LogP contribution in [0.1, 0.15) is 85.0 Å². The Labute approximate surface area is 263 Å². The van der Waals surface area contributed by atoms with Crippen LogP contribution >= 0.6 is 11.6 Å². The van der Waals surface area contributed by atoms with Gasteiger partial charge < -0.3 is 25.1 Å². The second-order valence-corrected chi connectivity index (χ2v) is 12.5. The van der Waals surface area contributed by atoms with Crippen LogP contribution in [0.5, 0.6) is 11.5 Å².